The molecule has 0 radical (unpaired) electrons. The molecule has 0 bridgehead atoms. The fourth-order valence-electron chi connectivity index (χ4n) is 2.21. The maximum absolute atomic E-state index is 13.8. The second-order valence-electron chi connectivity index (χ2n) is 4.69. The summed E-state index contributed by atoms with van der Waals surface area (Å²) in [6, 6.07) is 10.8. The molecule has 0 amide bonds. The van der Waals surface area contributed by atoms with Gasteiger partial charge in [-0.25, -0.2) is 9.07 Å². The molecule has 0 spiro atoms. The molecule has 2 N–H and O–H groups in total. The molecule has 0 saturated carbocycles. The van der Waals surface area contributed by atoms with Gasteiger partial charge in [0.25, 0.3) is 0 Å². The van der Waals surface area contributed by atoms with Gasteiger partial charge < -0.3 is 5.73 Å². The van der Waals surface area contributed by atoms with Crippen LogP contribution in [0.4, 0.5) is 4.39 Å². The van der Waals surface area contributed by atoms with Crippen molar-refractivity contribution in [3.05, 3.63) is 69.4 Å². The first-order chi connectivity index (χ1) is 10.3. The minimum Gasteiger partial charge on any atom is -0.325 e. The number of thiophene rings is 1. The first-order valence-electron chi connectivity index (χ1n) is 6.65. The van der Waals surface area contributed by atoms with Crippen LogP contribution < -0.4 is 5.73 Å². The van der Waals surface area contributed by atoms with Gasteiger partial charge in [-0.2, -0.15) is 0 Å². The Morgan fingerprint density at radius 2 is 2.05 bits per heavy atom. The lowest BCUT2D eigenvalue weighted by molar-refractivity contribution is 0.568. The molecule has 2 heterocycles. The van der Waals surface area contributed by atoms with Crippen LogP contribution in [0.25, 0.3) is 0 Å². The Bertz CT molecular complexity index is 721. The third kappa shape index (κ3) is 3.01. The van der Waals surface area contributed by atoms with Gasteiger partial charge in [0.15, 0.2) is 0 Å². The number of aromatic nitrogens is 3. The highest BCUT2D eigenvalue weighted by molar-refractivity contribution is 7.09. The van der Waals surface area contributed by atoms with Crippen LogP contribution in [0.5, 0.6) is 0 Å². The van der Waals surface area contributed by atoms with Crippen LogP contribution in [0.2, 0.25) is 0 Å². The van der Waals surface area contributed by atoms with Crippen LogP contribution in [0, 0.1) is 5.82 Å². The molecule has 4 nitrogen and oxygen atoms in total. The average molecular weight is 302 g/mol. The molecule has 0 unspecified atom stereocenters. The number of hydrogen-bond donors (Lipinski definition) is 1. The van der Waals surface area contributed by atoms with Crippen molar-refractivity contribution in [3.8, 4) is 0 Å². The zero-order valence-corrected chi connectivity index (χ0v) is 12.2. The Morgan fingerprint density at radius 3 is 2.76 bits per heavy atom. The molecule has 108 valence electrons. The summed E-state index contributed by atoms with van der Waals surface area (Å²) in [4.78, 5) is 1.21. The van der Waals surface area contributed by atoms with E-state index in [2.05, 4.69) is 16.4 Å². The molecule has 0 fully saturated rings. The van der Waals surface area contributed by atoms with Crippen molar-refractivity contribution >= 4 is 11.3 Å². The van der Waals surface area contributed by atoms with Crippen LogP contribution in [-0.2, 0) is 19.5 Å². The number of nitrogens with two attached hydrogens (primary N) is 1. The lowest BCUT2D eigenvalue weighted by Gasteiger charge is -2.08. The number of nitrogens with zero attached hydrogens (tertiary/aromatic N) is 3. The Kier molecular flexibility index (Phi) is 4.08. The smallest absolute Gasteiger partial charge is 0.128 e. The molecular formula is C15H15FN4S. The molecule has 0 aliphatic rings. The first-order valence-corrected chi connectivity index (χ1v) is 7.53. The predicted molar refractivity (Wildman–Crippen MR) is 80.5 cm³/mol. The minimum atomic E-state index is -0.232. The molecule has 3 aromatic rings. The van der Waals surface area contributed by atoms with E-state index in [9.17, 15) is 4.39 Å². The van der Waals surface area contributed by atoms with Gasteiger partial charge in [0.05, 0.1) is 17.9 Å². The van der Waals surface area contributed by atoms with Crippen molar-refractivity contribution < 1.29 is 4.39 Å². The summed E-state index contributed by atoms with van der Waals surface area (Å²) in [7, 11) is 0. The lowest BCUT2D eigenvalue weighted by Crippen LogP contribution is -2.10. The topological polar surface area (TPSA) is 56.7 Å². The van der Waals surface area contributed by atoms with Crippen LogP contribution >= 0.6 is 11.3 Å². The Balaban J connectivity index is 1.92. The first kappa shape index (κ1) is 13.9. The number of halogens is 1. The van der Waals surface area contributed by atoms with Gasteiger partial charge in [0.2, 0.25) is 0 Å². The molecule has 3 rings (SSSR count). The summed E-state index contributed by atoms with van der Waals surface area (Å²) in [5, 5.41) is 10.3. The van der Waals surface area contributed by atoms with E-state index in [0.29, 0.717) is 25.1 Å². The van der Waals surface area contributed by atoms with Crippen LogP contribution in [0.3, 0.4) is 0 Å². The Hall–Kier alpha value is -2.05. The molecular weight excluding hydrogens is 287 g/mol. The molecule has 0 aliphatic carbocycles. The van der Waals surface area contributed by atoms with Gasteiger partial charge in [0.1, 0.15) is 5.82 Å². The maximum atomic E-state index is 13.8. The highest BCUT2D eigenvalue weighted by atomic mass is 32.1. The minimum absolute atomic E-state index is 0.232. The molecule has 21 heavy (non-hydrogen) atoms. The largest absolute Gasteiger partial charge is 0.325 e. The standard InChI is InChI=1S/C15H15FN4S/c16-13-6-2-1-4-11(13)10-20-15(14(9-17)18-19-20)8-12-5-3-7-21-12/h1-7H,8-10,17H2. The summed E-state index contributed by atoms with van der Waals surface area (Å²) in [6.45, 7) is 0.693. The highest BCUT2D eigenvalue weighted by Gasteiger charge is 2.14. The van der Waals surface area contributed by atoms with Crippen LogP contribution in [0.1, 0.15) is 21.8 Å². The van der Waals surface area contributed by atoms with Crippen molar-refractivity contribution in [2.24, 2.45) is 5.73 Å². The molecule has 1 aromatic carbocycles. The Labute approximate surface area is 126 Å². The number of benzene rings is 1. The third-order valence-electron chi connectivity index (χ3n) is 3.31. The normalized spacial score (nSPS) is 11.0. The van der Waals surface area contributed by atoms with Crippen molar-refractivity contribution in [3.63, 3.8) is 0 Å². The van der Waals surface area contributed by atoms with E-state index in [-0.39, 0.29) is 5.82 Å². The highest BCUT2D eigenvalue weighted by Crippen LogP contribution is 2.18. The van der Waals surface area contributed by atoms with Crippen molar-refractivity contribution in [1.82, 2.24) is 15.0 Å². The van der Waals surface area contributed by atoms with Gasteiger partial charge in [-0.1, -0.05) is 29.5 Å². The zero-order chi connectivity index (χ0) is 14.7. The van der Waals surface area contributed by atoms with E-state index < -0.39 is 0 Å². The van der Waals surface area contributed by atoms with Crippen molar-refractivity contribution in [2.75, 3.05) is 0 Å². The summed E-state index contributed by atoms with van der Waals surface area (Å²) in [5.41, 5.74) is 8.04. The van der Waals surface area contributed by atoms with Crippen LogP contribution in [0.15, 0.2) is 41.8 Å². The fourth-order valence-corrected chi connectivity index (χ4v) is 2.92. The molecule has 0 atom stereocenters. The van der Waals surface area contributed by atoms with Gasteiger partial charge in [-0.05, 0) is 17.5 Å². The second-order valence-corrected chi connectivity index (χ2v) is 5.72. The van der Waals surface area contributed by atoms with Crippen molar-refractivity contribution in [2.45, 2.75) is 19.5 Å². The molecule has 6 heteroatoms. The lowest BCUT2D eigenvalue weighted by atomic mass is 10.2. The van der Waals surface area contributed by atoms with E-state index in [1.807, 2.05) is 17.5 Å². The van der Waals surface area contributed by atoms with E-state index in [4.69, 9.17) is 5.73 Å². The van der Waals surface area contributed by atoms with Gasteiger partial charge in [-0.3, -0.25) is 0 Å². The van der Waals surface area contributed by atoms with E-state index in [1.165, 1.54) is 10.9 Å². The van der Waals surface area contributed by atoms with E-state index >= 15 is 0 Å². The summed E-state index contributed by atoms with van der Waals surface area (Å²) in [5.74, 6) is -0.232. The Morgan fingerprint density at radius 1 is 1.19 bits per heavy atom. The molecule has 2 aromatic heterocycles. The van der Waals surface area contributed by atoms with Crippen LogP contribution in [-0.4, -0.2) is 15.0 Å². The number of hydrogen-bond acceptors (Lipinski definition) is 4. The number of rotatable bonds is 5. The fraction of sp³-hybridized carbons (Fsp3) is 0.200. The summed E-state index contributed by atoms with van der Waals surface area (Å²) in [6.07, 6.45) is 0.714. The second kappa shape index (κ2) is 6.15. The van der Waals surface area contributed by atoms with E-state index in [1.54, 1.807) is 28.2 Å². The predicted octanol–water partition coefficient (Wildman–Crippen LogP) is 2.58. The maximum Gasteiger partial charge on any atom is 0.128 e. The van der Waals surface area contributed by atoms with E-state index in [0.717, 1.165) is 11.4 Å². The average Bonchev–Trinajstić information content (AvgIpc) is 3.13. The van der Waals surface area contributed by atoms with Crippen molar-refractivity contribution in [1.29, 1.82) is 0 Å². The summed E-state index contributed by atoms with van der Waals surface area (Å²) >= 11 is 1.67. The molecule has 0 saturated heterocycles. The quantitative estimate of drug-likeness (QED) is 0.788. The van der Waals surface area contributed by atoms with Gasteiger partial charge >= 0.3 is 0 Å². The van der Waals surface area contributed by atoms with Gasteiger partial charge in [0, 0.05) is 23.4 Å². The van der Waals surface area contributed by atoms with Gasteiger partial charge in [-0.15, -0.1) is 16.4 Å². The molecule has 0 aliphatic heterocycles. The SMILES string of the molecule is NCc1nnn(Cc2ccccc2F)c1Cc1cccs1. The zero-order valence-electron chi connectivity index (χ0n) is 11.4. The summed E-state index contributed by atoms with van der Waals surface area (Å²) < 4.78 is 15.5. The third-order valence-corrected chi connectivity index (χ3v) is 4.19. The monoisotopic (exact) mass is 302 g/mol.